The fourth-order valence-corrected chi connectivity index (χ4v) is 5.66. The van der Waals surface area contributed by atoms with E-state index in [1.165, 1.54) is 24.8 Å². The highest BCUT2D eigenvalue weighted by molar-refractivity contribution is 6.19. The molecule has 5 heteroatoms. The van der Waals surface area contributed by atoms with Crippen molar-refractivity contribution in [3.63, 3.8) is 0 Å². The number of urea groups is 1. The number of benzene rings is 2. The fourth-order valence-electron chi connectivity index (χ4n) is 5.66. The van der Waals surface area contributed by atoms with Gasteiger partial charge in [-0.1, -0.05) is 67.8 Å². The highest BCUT2D eigenvalue weighted by Gasteiger charge is 2.53. The first-order chi connectivity index (χ1) is 15.7. The molecule has 0 aromatic heterocycles. The molecule has 1 saturated carbocycles. The van der Waals surface area contributed by atoms with Gasteiger partial charge in [0.2, 0.25) is 0 Å². The van der Waals surface area contributed by atoms with Crippen LogP contribution in [0, 0.1) is 6.92 Å². The monoisotopic (exact) mass is 430 g/mol. The van der Waals surface area contributed by atoms with Crippen LogP contribution in [0.5, 0.6) is 0 Å². The van der Waals surface area contributed by atoms with Gasteiger partial charge in [0.15, 0.2) is 0 Å². The van der Waals surface area contributed by atoms with Gasteiger partial charge in [-0.3, -0.25) is 20.1 Å². The second-order valence-corrected chi connectivity index (χ2v) is 9.61. The smallest absolute Gasteiger partial charge is 0.299 e. The molecule has 168 valence electrons. The van der Waals surface area contributed by atoms with Gasteiger partial charge in [-0.05, 0) is 49.8 Å². The van der Waals surface area contributed by atoms with Crippen LogP contribution in [0.15, 0.2) is 59.6 Å². The molecule has 5 nitrogen and oxygen atoms in total. The molecule has 2 saturated heterocycles. The van der Waals surface area contributed by atoms with E-state index in [0.717, 1.165) is 62.4 Å². The number of aliphatic imine (C=N–C) groups is 1. The van der Waals surface area contributed by atoms with Gasteiger partial charge in [-0.25, -0.2) is 4.79 Å². The third-order valence-corrected chi connectivity index (χ3v) is 7.47. The van der Waals surface area contributed by atoms with Crippen LogP contribution in [-0.2, 0) is 6.54 Å². The molecule has 2 aromatic carbocycles. The molecular formula is C27H34N4O. The third-order valence-electron chi connectivity index (χ3n) is 7.47. The fraction of sp³-hybridized carbons (Fsp3) is 0.481. The molecule has 2 aromatic rings. The van der Waals surface area contributed by atoms with Crippen LogP contribution in [0.3, 0.4) is 0 Å². The van der Waals surface area contributed by atoms with E-state index in [9.17, 15) is 4.79 Å². The third kappa shape index (κ3) is 4.06. The number of amides is 2. The molecule has 0 unspecified atom stereocenters. The molecule has 0 radical (unpaired) electrons. The summed E-state index contributed by atoms with van der Waals surface area (Å²) in [4.78, 5) is 23.1. The second kappa shape index (κ2) is 9.07. The van der Waals surface area contributed by atoms with E-state index in [4.69, 9.17) is 4.99 Å². The summed E-state index contributed by atoms with van der Waals surface area (Å²) in [5.41, 5.74) is 3.12. The Labute approximate surface area is 191 Å². The van der Waals surface area contributed by atoms with Gasteiger partial charge in [0.25, 0.3) is 0 Å². The lowest BCUT2D eigenvalue weighted by molar-refractivity contribution is 0.184. The lowest BCUT2D eigenvalue weighted by Crippen LogP contribution is -2.57. The minimum atomic E-state index is -0.367. The van der Waals surface area contributed by atoms with Crippen molar-refractivity contribution in [2.75, 3.05) is 18.0 Å². The molecule has 0 bridgehead atoms. The number of carbonyl (C=O) groups excluding carboxylic acids is 1. The van der Waals surface area contributed by atoms with E-state index < -0.39 is 0 Å². The lowest BCUT2D eigenvalue weighted by Gasteiger charge is -2.44. The Morgan fingerprint density at radius 1 is 0.969 bits per heavy atom. The van der Waals surface area contributed by atoms with Crippen LogP contribution in [0.4, 0.5) is 10.5 Å². The SMILES string of the molecule is Cc1ccccc1N1C(=O)NC(=NC2CCCCC2)C12CCN(Cc1ccccc1)CC2. The number of anilines is 1. The summed E-state index contributed by atoms with van der Waals surface area (Å²) < 4.78 is 0. The molecule has 32 heavy (non-hydrogen) atoms. The van der Waals surface area contributed by atoms with E-state index in [-0.39, 0.29) is 11.6 Å². The van der Waals surface area contributed by atoms with Gasteiger partial charge in [-0.2, -0.15) is 0 Å². The number of nitrogens with zero attached hydrogens (tertiary/aromatic N) is 3. The number of hydrogen-bond donors (Lipinski definition) is 1. The number of piperidine rings is 1. The molecule has 1 spiro atoms. The molecule has 2 heterocycles. The Morgan fingerprint density at radius 3 is 2.38 bits per heavy atom. The first-order valence-electron chi connectivity index (χ1n) is 12.2. The number of nitrogens with one attached hydrogen (secondary N) is 1. The minimum absolute atomic E-state index is 0.0228. The predicted octanol–water partition coefficient (Wildman–Crippen LogP) is 5.29. The Kier molecular flexibility index (Phi) is 6.01. The molecule has 2 amide bonds. The van der Waals surface area contributed by atoms with Crippen molar-refractivity contribution in [2.45, 2.75) is 70.0 Å². The molecule has 5 rings (SSSR count). The number of aryl methyl sites for hydroxylation is 1. The number of amidine groups is 1. The zero-order valence-electron chi connectivity index (χ0n) is 19.1. The van der Waals surface area contributed by atoms with Crippen LogP contribution < -0.4 is 10.2 Å². The molecule has 3 fully saturated rings. The van der Waals surface area contributed by atoms with Crippen LogP contribution in [0.1, 0.15) is 56.1 Å². The van der Waals surface area contributed by atoms with Gasteiger partial charge in [0, 0.05) is 25.3 Å². The largest absolute Gasteiger partial charge is 0.328 e. The quantitative estimate of drug-likeness (QED) is 0.716. The Hall–Kier alpha value is -2.66. The van der Waals surface area contributed by atoms with Gasteiger partial charge in [0.1, 0.15) is 11.4 Å². The molecule has 1 N–H and O–H groups in total. The van der Waals surface area contributed by atoms with Gasteiger partial charge in [0.05, 0.1) is 6.04 Å². The zero-order valence-corrected chi connectivity index (χ0v) is 19.1. The number of likely N-dealkylation sites (tertiary alicyclic amines) is 1. The maximum atomic E-state index is 13.3. The number of carbonyl (C=O) groups is 1. The van der Waals surface area contributed by atoms with Crippen molar-refractivity contribution in [3.8, 4) is 0 Å². The maximum Gasteiger partial charge on any atom is 0.328 e. The summed E-state index contributed by atoms with van der Waals surface area (Å²) >= 11 is 0. The van der Waals surface area contributed by atoms with Crippen LogP contribution >= 0.6 is 0 Å². The summed E-state index contributed by atoms with van der Waals surface area (Å²) in [6.07, 6.45) is 7.88. The minimum Gasteiger partial charge on any atom is -0.299 e. The maximum absolute atomic E-state index is 13.3. The van der Waals surface area contributed by atoms with Gasteiger partial charge >= 0.3 is 6.03 Å². The molecule has 1 aliphatic carbocycles. The molecular weight excluding hydrogens is 396 g/mol. The topological polar surface area (TPSA) is 47.9 Å². The zero-order chi connectivity index (χ0) is 22.0. The van der Waals surface area contributed by atoms with Crippen molar-refractivity contribution < 1.29 is 4.79 Å². The van der Waals surface area contributed by atoms with Crippen molar-refractivity contribution in [1.29, 1.82) is 0 Å². The first kappa shape index (κ1) is 21.2. The normalized spacial score (nSPS) is 23.1. The summed E-state index contributed by atoms with van der Waals surface area (Å²) in [7, 11) is 0. The summed E-state index contributed by atoms with van der Waals surface area (Å²) in [5.74, 6) is 0.914. The van der Waals surface area contributed by atoms with E-state index in [1.54, 1.807) is 0 Å². The summed E-state index contributed by atoms with van der Waals surface area (Å²) in [6, 6.07) is 19.2. The highest BCUT2D eigenvalue weighted by Crippen LogP contribution is 2.40. The average molecular weight is 431 g/mol. The highest BCUT2D eigenvalue weighted by atomic mass is 16.2. The standard InChI is InChI=1S/C27H34N4O/c1-21-10-8-9-15-24(21)31-26(32)29-25(28-23-13-6-3-7-14-23)27(31)16-18-30(19-17-27)20-22-11-4-2-5-12-22/h2,4-5,8-12,15,23H,3,6-7,13-14,16-20H2,1H3,(H,28,29,32). The Balaban J connectivity index is 1.45. The lowest BCUT2D eigenvalue weighted by atomic mass is 9.84. The van der Waals surface area contributed by atoms with Crippen molar-refractivity contribution in [2.24, 2.45) is 4.99 Å². The van der Waals surface area contributed by atoms with Crippen LogP contribution in [0.2, 0.25) is 0 Å². The van der Waals surface area contributed by atoms with E-state index in [2.05, 4.69) is 59.6 Å². The first-order valence-corrected chi connectivity index (χ1v) is 12.2. The number of hydrogen-bond acceptors (Lipinski definition) is 3. The van der Waals surface area contributed by atoms with Gasteiger partial charge in [-0.15, -0.1) is 0 Å². The summed E-state index contributed by atoms with van der Waals surface area (Å²) in [6.45, 7) is 4.96. The van der Waals surface area contributed by atoms with Crippen molar-refractivity contribution >= 4 is 17.6 Å². The predicted molar refractivity (Wildman–Crippen MR) is 130 cm³/mol. The van der Waals surface area contributed by atoms with E-state index in [0.29, 0.717) is 6.04 Å². The Bertz CT molecular complexity index is 972. The second-order valence-electron chi connectivity index (χ2n) is 9.61. The Morgan fingerprint density at radius 2 is 1.66 bits per heavy atom. The van der Waals surface area contributed by atoms with E-state index >= 15 is 0 Å². The summed E-state index contributed by atoms with van der Waals surface area (Å²) in [5, 5.41) is 3.22. The van der Waals surface area contributed by atoms with Crippen LogP contribution in [0.25, 0.3) is 0 Å². The van der Waals surface area contributed by atoms with Crippen molar-refractivity contribution in [3.05, 3.63) is 65.7 Å². The molecule has 3 aliphatic rings. The number of para-hydroxylation sites is 1. The molecule has 2 aliphatic heterocycles. The van der Waals surface area contributed by atoms with Crippen molar-refractivity contribution in [1.82, 2.24) is 10.2 Å². The average Bonchev–Trinajstić information content (AvgIpc) is 3.07. The molecule has 0 atom stereocenters. The number of rotatable bonds is 4. The van der Waals surface area contributed by atoms with Crippen LogP contribution in [-0.4, -0.2) is 41.4 Å². The van der Waals surface area contributed by atoms with Gasteiger partial charge < -0.3 is 0 Å². The van der Waals surface area contributed by atoms with E-state index in [1.807, 2.05) is 17.0 Å².